The van der Waals surface area contributed by atoms with Gasteiger partial charge in [-0.2, -0.15) is 4.90 Å². The van der Waals surface area contributed by atoms with Gasteiger partial charge in [0.1, 0.15) is 11.5 Å². The monoisotopic (exact) mass is 483 g/mol. The number of nitrogens with zero attached hydrogens (tertiary/aromatic N) is 3. The van der Waals surface area contributed by atoms with Crippen LogP contribution in [0.2, 0.25) is 0 Å². The lowest BCUT2D eigenvalue weighted by Gasteiger charge is -2.34. The Morgan fingerprint density at radius 1 is 0.886 bits per heavy atom. The van der Waals surface area contributed by atoms with Crippen LogP contribution in [0, 0.1) is 0 Å². The summed E-state index contributed by atoms with van der Waals surface area (Å²) in [6.45, 7) is 11.3. The lowest BCUT2D eigenvalue weighted by molar-refractivity contribution is 0.184. The number of ether oxygens (including phenoxy) is 2. The van der Waals surface area contributed by atoms with Crippen LogP contribution < -0.4 is 14.4 Å². The van der Waals surface area contributed by atoms with Gasteiger partial charge in [-0.15, -0.1) is 0 Å². The van der Waals surface area contributed by atoms with Gasteiger partial charge in [-0.1, -0.05) is 41.5 Å². The van der Waals surface area contributed by atoms with Gasteiger partial charge in [0, 0.05) is 28.8 Å². The highest BCUT2D eigenvalue weighted by Crippen LogP contribution is 2.46. The third-order valence-electron chi connectivity index (χ3n) is 5.34. The maximum atomic E-state index is 11.8. The number of phenols is 1. The van der Waals surface area contributed by atoms with Gasteiger partial charge in [-0.05, 0) is 23.0 Å². The minimum absolute atomic E-state index is 0.0662. The minimum Gasteiger partial charge on any atom is -0.504 e. The number of fused-ring (bicyclic) bond motifs is 1. The first-order valence-corrected chi connectivity index (χ1v) is 10.8. The second-order valence-electron chi connectivity index (χ2n) is 10.0. The van der Waals surface area contributed by atoms with Crippen molar-refractivity contribution in [3.63, 3.8) is 0 Å². The third-order valence-corrected chi connectivity index (χ3v) is 5.34. The summed E-state index contributed by atoms with van der Waals surface area (Å²) in [5.74, 6) is 0.723. The average molecular weight is 484 g/mol. The van der Waals surface area contributed by atoms with E-state index in [1.54, 1.807) is 12.1 Å². The number of rotatable bonds is 4. The highest BCUT2D eigenvalue weighted by molar-refractivity contribution is 6.07. The number of benzene rings is 1. The molecule has 0 aliphatic rings. The van der Waals surface area contributed by atoms with Crippen LogP contribution in [-0.2, 0) is 10.8 Å². The molecule has 10 heteroatoms. The second kappa shape index (κ2) is 8.94. The molecule has 2 heterocycles. The van der Waals surface area contributed by atoms with Crippen molar-refractivity contribution < 1.29 is 34.4 Å². The smallest absolute Gasteiger partial charge is 0.422 e. The first-order valence-electron chi connectivity index (χ1n) is 10.8. The van der Waals surface area contributed by atoms with Crippen LogP contribution in [0.5, 0.6) is 23.0 Å². The zero-order valence-electron chi connectivity index (χ0n) is 20.7. The van der Waals surface area contributed by atoms with E-state index in [1.165, 1.54) is 25.6 Å². The van der Waals surface area contributed by atoms with E-state index >= 15 is 0 Å². The number of hydrogen-bond acceptors (Lipinski definition) is 7. The zero-order chi connectivity index (χ0) is 26.3. The molecule has 0 aliphatic heterocycles. The number of hydrogen-bond donors (Lipinski definition) is 3. The van der Waals surface area contributed by atoms with E-state index in [2.05, 4.69) is 9.97 Å². The number of aromatic nitrogens is 2. The molecule has 0 saturated heterocycles. The van der Waals surface area contributed by atoms with Gasteiger partial charge in [-0.25, -0.2) is 14.6 Å². The van der Waals surface area contributed by atoms with Crippen molar-refractivity contribution >= 4 is 28.9 Å². The first-order chi connectivity index (χ1) is 16.2. The SMILES string of the molecule is COc1cc2c(Oc3cnc(N(C(=O)O)C(=O)O)c(C(C)(C)C)c3C(C)(C)C)ccnc2cc1O. The number of methoxy groups -OCH3 is 1. The largest absolute Gasteiger partial charge is 0.504 e. The van der Waals surface area contributed by atoms with Gasteiger partial charge in [0.25, 0.3) is 0 Å². The van der Waals surface area contributed by atoms with Crippen LogP contribution in [0.15, 0.2) is 30.6 Å². The Bertz CT molecular complexity index is 1290. The van der Waals surface area contributed by atoms with Crippen molar-refractivity contribution in [3.05, 3.63) is 41.7 Å². The molecule has 0 radical (unpaired) electrons. The topological polar surface area (TPSA) is 142 Å². The Morgan fingerprint density at radius 2 is 1.49 bits per heavy atom. The van der Waals surface area contributed by atoms with Crippen molar-refractivity contribution in [2.45, 2.75) is 52.4 Å². The van der Waals surface area contributed by atoms with Crippen molar-refractivity contribution in [3.8, 4) is 23.0 Å². The van der Waals surface area contributed by atoms with E-state index in [-0.39, 0.29) is 22.2 Å². The highest BCUT2D eigenvalue weighted by atomic mass is 16.5. The van der Waals surface area contributed by atoms with E-state index in [0.29, 0.717) is 33.5 Å². The van der Waals surface area contributed by atoms with Gasteiger partial charge in [0.05, 0.1) is 18.8 Å². The molecule has 35 heavy (non-hydrogen) atoms. The van der Waals surface area contributed by atoms with Gasteiger partial charge in [0.2, 0.25) is 0 Å². The Hall–Kier alpha value is -4.08. The fourth-order valence-corrected chi connectivity index (χ4v) is 3.96. The molecule has 0 bridgehead atoms. The number of amides is 2. The summed E-state index contributed by atoms with van der Waals surface area (Å²) < 4.78 is 11.6. The maximum Gasteiger partial charge on any atom is 0.422 e. The quantitative estimate of drug-likeness (QED) is 0.413. The van der Waals surface area contributed by atoms with Crippen molar-refractivity contribution in [1.29, 1.82) is 0 Å². The normalized spacial score (nSPS) is 11.9. The van der Waals surface area contributed by atoms with E-state index in [0.717, 1.165) is 0 Å². The van der Waals surface area contributed by atoms with Crippen LogP contribution in [-0.4, -0.2) is 44.6 Å². The average Bonchev–Trinajstić information content (AvgIpc) is 2.72. The van der Waals surface area contributed by atoms with Crippen LogP contribution in [0.25, 0.3) is 10.9 Å². The van der Waals surface area contributed by atoms with Crippen molar-refractivity contribution in [2.75, 3.05) is 12.0 Å². The summed E-state index contributed by atoms with van der Waals surface area (Å²) in [7, 11) is 1.43. The van der Waals surface area contributed by atoms with Crippen LogP contribution in [0.3, 0.4) is 0 Å². The number of imide groups is 1. The van der Waals surface area contributed by atoms with Gasteiger partial charge in [-0.3, -0.25) is 4.98 Å². The van der Waals surface area contributed by atoms with Crippen molar-refractivity contribution in [2.24, 2.45) is 0 Å². The molecule has 186 valence electrons. The first kappa shape index (κ1) is 25.5. The molecular formula is C25H29N3O7. The molecule has 2 aromatic heterocycles. The Labute approximate surface area is 202 Å². The lowest BCUT2D eigenvalue weighted by atomic mass is 9.75. The number of phenolic OH excluding ortho intramolecular Hbond substituents is 1. The molecule has 2 amide bonds. The fourth-order valence-electron chi connectivity index (χ4n) is 3.96. The highest BCUT2D eigenvalue weighted by Gasteiger charge is 2.37. The summed E-state index contributed by atoms with van der Waals surface area (Å²) in [5, 5.41) is 29.9. The molecule has 0 fully saturated rings. The van der Waals surface area contributed by atoms with Gasteiger partial charge >= 0.3 is 12.2 Å². The van der Waals surface area contributed by atoms with E-state index in [1.807, 2.05) is 41.5 Å². The number of carbonyl (C=O) groups is 2. The molecule has 10 nitrogen and oxygen atoms in total. The summed E-state index contributed by atoms with van der Waals surface area (Å²) in [5.41, 5.74) is 0.237. The molecule has 3 N–H and O–H groups in total. The molecule has 1 aromatic carbocycles. The van der Waals surface area contributed by atoms with E-state index in [9.17, 15) is 24.9 Å². The Balaban J connectivity index is 2.34. The Kier molecular flexibility index (Phi) is 6.52. The number of anilines is 1. The molecule has 3 aromatic rings. The van der Waals surface area contributed by atoms with Crippen molar-refractivity contribution in [1.82, 2.24) is 9.97 Å². The predicted molar refractivity (Wildman–Crippen MR) is 130 cm³/mol. The molecule has 0 saturated carbocycles. The summed E-state index contributed by atoms with van der Waals surface area (Å²) in [6.07, 6.45) is -0.454. The Morgan fingerprint density at radius 3 is 2.00 bits per heavy atom. The van der Waals surface area contributed by atoms with Gasteiger partial charge < -0.3 is 24.8 Å². The summed E-state index contributed by atoms with van der Waals surface area (Å²) >= 11 is 0. The van der Waals surface area contributed by atoms with E-state index < -0.39 is 23.0 Å². The summed E-state index contributed by atoms with van der Waals surface area (Å²) in [4.78, 5) is 32.4. The molecule has 0 atom stereocenters. The summed E-state index contributed by atoms with van der Waals surface area (Å²) in [6, 6.07) is 4.72. The molecule has 0 spiro atoms. The number of pyridine rings is 2. The van der Waals surface area contributed by atoms with E-state index in [4.69, 9.17) is 9.47 Å². The number of aromatic hydroxyl groups is 1. The van der Waals surface area contributed by atoms with Crippen LogP contribution >= 0.6 is 0 Å². The second-order valence-corrected chi connectivity index (χ2v) is 10.0. The standard InChI is InChI=1S/C25H29N3O7/c1-24(2,3)19-18(12-27-21(20(19)25(4,5)6)28(22(30)31)23(32)33)35-16-8-9-26-14-11-15(29)17(34-7)10-13(14)16/h8-12,29H,1-7H3,(H,30,31)(H,32,33). The number of carboxylic acid groups (broad SMARTS) is 2. The van der Waals surface area contributed by atoms with Crippen LogP contribution in [0.1, 0.15) is 52.7 Å². The predicted octanol–water partition coefficient (Wildman–Crippen LogP) is 5.89. The fraction of sp³-hybridized carbons (Fsp3) is 0.360. The third kappa shape index (κ3) is 4.91. The molecular weight excluding hydrogens is 454 g/mol. The van der Waals surface area contributed by atoms with Gasteiger partial charge in [0.15, 0.2) is 17.3 Å². The minimum atomic E-state index is -1.66. The van der Waals surface area contributed by atoms with Crippen LogP contribution in [0.4, 0.5) is 15.4 Å². The zero-order valence-corrected chi connectivity index (χ0v) is 20.7. The lowest BCUT2D eigenvalue weighted by Crippen LogP contribution is -2.38. The molecule has 3 rings (SSSR count). The molecule has 0 unspecified atom stereocenters. The maximum absolute atomic E-state index is 11.8. The molecule has 0 aliphatic carbocycles.